The van der Waals surface area contributed by atoms with Gasteiger partial charge in [-0.1, -0.05) is 112 Å². The van der Waals surface area contributed by atoms with E-state index in [0.29, 0.717) is 6.42 Å². The van der Waals surface area contributed by atoms with E-state index in [0.717, 1.165) is 86.8 Å². The number of rotatable bonds is 37. The maximum absolute atomic E-state index is 12.7. The topological polar surface area (TPSA) is 395 Å². The molecule has 0 spiro atoms. The van der Waals surface area contributed by atoms with Gasteiger partial charge in [-0.3, -0.25) is 28.1 Å². The third kappa shape index (κ3) is 26.1. The summed E-state index contributed by atoms with van der Waals surface area (Å²) in [5.74, 6) is -1.37. The van der Waals surface area contributed by atoms with Crippen molar-refractivity contribution in [1.82, 2.24) is 30.2 Å². The molecule has 1 saturated heterocycles. The van der Waals surface area contributed by atoms with Crippen molar-refractivity contribution >= 4 is 69.1 Å². The van der Waals surface area contributed by atoms with Crippen LogP contribution >= 0.6 is 35.2 Å². The summed E-state index contributed by atoms with van der Waals surface area (Å²) < 4.78 is 60.9. The van der Waals surface area contributed by atoms with Crippen molar-refractivity contribution in [1.29, 1.82) is 0 Å². The average molecular weight is 1150 g/mol. The van der Waals surface area contributed by atoms with E-state index in [9.17, 15) is 63.0 Å². The minimum Gasteiger partial charge on any atom is -0.790 e. The van der Waals surface area contributed by atoms with Crippen LogP contribution in [0.5, 0.6) is 0 Å². The van der Waals surface area contributed by atoms with Gasteiger partial charge in [0.05, 0.1) is 33.5 Å². The Balaban J connectivity index is 1.26. The van der Waals surface area contributed by atoms with Gasteiger partial charge in [0, 0.05) is 37.1 Å². The first kappa shape index (κ1) is 66.2. The summed E-state index contributed by atoms with van der Waals surface area (Å²) in [5.41, 5.74) is 4.05. The Morgan fingerprint density at radius 1 is 0.855 bits per heavy atom. The largest absolute Gasteiger partial charge is 0.790 e. The number of thioether (sulfide) groups is 1. The number of aliphatic hydroxyl groups is 3. The molecule has 1 fully saturated rings. The average Bonchev–Trinajstić information content (AvgIpc) is 3.91. The van der Waals surface area contributed by atoms with Crippen molar-refractivity contribution in [3.8, 4) is 0 Å². The van der Waals surface area contributed by atoms with Gasteiger partial charge >= 0.3 is 0 Å². The summed E-state index contributed by atoms with van der Waals surface area (Å²) in [6, 6.07) is 0. The fourth-order valence-corrected chi connectivity index (χ4v) is 10.4. The van der Waals surface area contributed by atoms with Crippen LogP contribution in [0.25, 0.3) is 11.2 Å². The van der Waals surface area contributed by atoms with E-state index in [1.54, 1.807) is 0 Å². The first-order valence-electron chi connectivity index (χ1n) is 24.5. The summed E-state index contributed by atoms with van der Waals surface area (Å²) in [4.78, 5) is 97.1. The highest BCUT2D eigenvalue weighted by atomic mass is 32.2. The zero-order chi connectivity index (χ0) is 56.2. The van der Waals surface area contributed by atoms with Gasteiger partial charge in [0.15, 0.2) is 22.8 Å². The van der Waals surface area contributed by atoms with E-state index in [2.05, 4.69) is 123 Å². The van der Waals surface area contributed by atoms with Gasteiger partial charge in [-0.15, -0.1) is 0 Å². The van der Waals surface area contributed by atoms with Crippen LogP contribution in [0.2, 0.25) is 0 Å². The number of aromatic nitrogens is 4. The van der Waals surface area contributed by atoms with Crippen LogP contribution in [0.3, 0.4) is 0 Å². The molecule has 25 nitrogen and oxygen atoms in total. The van der Waals surface area contributed by atoms with Gasteiger partial charge in [0.2, 0.25) is 11.8 Å². The molecule has 0 aromatic carbocycles. The number of imidazole rings is 1. The van der Waals surface area contributed by atoms with Crippen LogP contribution in [0.4, 0.5) is 5.82 Å². The lowest BCUT2D eigenvalue weighted by Gasteiger charge is -2.36. The number of amides is 2. The molecule has 0 saturated carbocycles. The third-order valence-corrected chi connectivity index (χ3v) is 14.8. The SMILES string of the molecule is CCC=CCC=CCC=CCC=CCC=CCC=CCCCCC(O)CC(=O)SCCNC(=O)CCNC(=O)C(O)C(C)(C)COP(=O)([O-])OP(=O)([O-])OCC1OC(n2cnc3c(N)ncnc32)C(O)C1OP(=O)([O-])[O-]. The molecule has 3 heterocycles. The standard InChI is InChI=1S/C47H74N7O18P3S/c1-4-5-6-7-8-9-10-11-12-13-14-15-16-17-18-19-20-21-22-23-24-25-35(55)30-38(57)76-29-28-49-37(56)26-27-50-45(60)42(59)47(2,3)32-69-75(66,67)72-74(64,65)68-31-36-41(71-73(61,62)63)40(58)46(70-36)54-34-53-39-43(48)51-33-52-44(39)54/h5-6,8-9,11-12,14-15,17-18,20-21,33-36,40-42,46,55,58-59H,4,7,10,13,16,19,22-32H2,1-3H3,(H,49,56)(H,50,60)(H,64,65)(H,66,67)(H2,48,51,52)(H2,61,62,63)/p-4. The van der Waals surface area contributed by atoms with E-state index >= 15 is 0 Å². The van der Waals surface area contributed by atoms with Crippen LogP contribution in [0.1, 0.15) is 104 Å². The molecule has 76 heavy (non-hydrogen) atoms. The second-order valence-electron chi connectivity index (χ2n) is 17.8. The van der Waals surface area contributed by atoms with Crippen molar-refractivity contribution in [3.05, 3.63) is 85.6 Å². The van der Waals surface area contributed by atoms with Gasteiger partial charge in [-0.2, -0.15) is 0 Å². The number of carbonyl (C=O) groups excluding carboxylic acids is 3. The van der Waals surface area contributed by atoms with E-state index in [-0.39, 0.29) is 53.8 Å². The second kappa shape index (κ2) is 34.1. The molecule has 29 heteroatoms. The number of hydrogen-bond donors (Lipinski definition) is 6. The lowest BCUT2D eigenvalue weighted by molar-refractivity contribution is -0.347. The van der Waals surface area contributed by atoms with Crippen LogP contribution in [-0.2, 0) is 50.7 Å². The van der Waals surface area contributed by atoms with E-state index in [1.807, 2.05) is 0 Å². The smallest absolute Gasteiger partial charge is 0.274 e. The lowest BCUT2D eigenvalue weighted by atomic mass is 9.87. The fraction of sp³-hybridized carbons (Fsp3) is 0.574. The minimum absolute atomic E-state index is 0.0229. The number of carbonyl (C=O) groups is 3. The number of nitrogens with zero attached hydrogens (tertiary/aromatic N) is 4. The van der Waals surface area contributed by atoms with Gasteiger partial charge in [0.25, 0.3) is 15.6 Å². The summed E-state index contributed by atoms with van der Waals surface area (Å²) in [6.07, 6.45) is 26.0. The number of aliphatic hydroxyl groups excluding tert-OH is 3. The molecule has 1 aliphatic rings. The molecule has 2 aromatic heterocycles. The van der Waals surface area contributed by atoms with Crippen molar-refractivity contribution in [2.24, 2.45) is 5.41 Å². The monoisotopic (exact) mass is 1150 g/mol. The Kier molecular flexibility index (Phi) is 29.7. The number of anilines is 1. The first-order chi connectivity index (χ1) is 35.9. The van der Waals surface area contributed by atoms with Gasteiger partial charge in [-0.05, 0) is 57.8 Å². The molecule has 0 aliphatic carbocycles. The van der Waals surface area contributed by atoms with Gasteiger partial charge in [0.1, 0.15) is 36.3 Å². The molecular weight excluding hydrogens is 1080 g/mol. The molecule has 3 rings (SSSR count). The molecule has 2 amide bonds. The molecule has 8 atom stereocenters. The van der Waals surface area contributed by atoms with Crippen molar-refractivity contribution in [3.63, 3.8) is 0 Å². The van der Waals surface area contributed by atoms with E-state index < -0.39 is 90.7 Å². The zero-order valence-electron chi connectivity index (χ0n) is 42.6. The zero-order valence-corrected chi connectivity index (χ0v) is 46.1. The van der Waals surface area contributed by atoms with Crippen LogP contribution in [0.15, 0.2) is 85.6 Å². The molecular formula is C47H70N7O18P3S-4. The number of allylic oxidation sites excluding steroid dienone is 12. The first-order valence-corrected chi connectivity index (χ1v) is 29.9. The Bertz CT molecular complexity index is 2470. The molecule has 2 aromatic rings. The van der Waals surface area contributed by atoms with Gasteiger partial charge < -0.3 is 74.1 Å². The maximum atomic E-state index is 12.7. The number of ether oxygens (including phenoxy) is 1. The Labute approximate surface area is 446 Å². The number of unbranched alkanes of at least 4 members (excludes halogenated alkanes) is 2. The number of phosphoric acid groups is 3. The molecule has 426 valence electrons. The molecule has 7 N–H and O–H groups in total. The van der Waals surface area contributed by atoms with E-state index in [1.165, 1.54) is 13.8 Å². The van der Waals surface area contributed by atoms with E-state index in [4.69, 9.17) is 10.5 Å². The normalized spacial score (nSPS) is 20.2. The quantitative estimate of drug-likeness (QED) is 0.0321. The highest BCUT2D eigenvalue weighted by molar-refractivity contribution is 8.13. The molecule has 8 unspecified atom stereocenters. The summed E-state index contributed by atoms with van der Waals surface area (Å²) in [5, 5.41) is 36.5. The number of nitrogens with two attached hydrogens (primary N) is 1. The highest BCUT2D eigenvalue weighted by Crippen LogP contribution is 2.56. The molecule has 1 aliphatic heterocycles. The number of phosphoric ester groups is 3. The van der Waals surface area contributed by atoms with Crippen molar-refractivity contribution in [2.75, 3.05) is 37.8 Å². The Hall–Kier alpha value is -4.04. The van der Waals surface area contributed by atoms with Crippen molar-refractivity contribution < 1.29 is 85.6 Å². The predicted molar refractivity (Wildman–Crippen MR) is 276 cm³/mol. The van der Waals surface area contributed by atoms with Crippen LogP contribution in [0, 0.1) is 5.41 Å². The molecule has 0 bridgehead atoms. The molecule has 0 radical (unpaired) electrons. The van der Waals surface area contributed by atoms with Crippen LogP contribution in [-0.4, -0.2) is 114 Å². The predicted octanol–water partition coefficient (Wildman–Crippen LogP) is 3.15. The van der Waals surface area contributed by atoms with Gasteiger partial charge in [-0.25, -0.2) is 19.3 Å². The van der Waals surface area contributed by atoms with Crippen molar-refractivity contribution in [2.45, 2.75) is 135 Å². The van der Waals surface area contributed by atoms with Crippen LogP contribution < -0.4 is 35.9 Å². The highest BCUT2D eigenvalue weighted by Gasteiger charge is 2.47. The number of nitrogen functional groups attached to an aromatic ring is 1. The summed E-state index contributed by atoms with van der Waals surface area (Å²) >= 11 is 0.966. The fourth-order valence-electron chi connectivity index (χ4n) is 6.91. The maximum Gasteiger partial charge on any atom is 0.274 e. The summed E-state index contributed by atoms with van der Waals surface area (Å²) in [6.45, 7) is 2.08. The Morgan fingerprint density at radius 2 is 1.45 bits per heavy atom. The minimum atomic E-state index is -5.94. The number of hydrogen-bond acceptors (Lipinski definition) is 23. The number of nitrogens with one attached hydrogen (secondary N) is 2. The Morgan fingerprint density at radius 3 is 2.05 bits per heavy atom. The number of fused-ring (bicyclic) bond motifs is 1. The summed E-state index contributed by atoms with van der Waals surface area (Å²) in [7, 11) is -17.7. The second-order valence-corrected chi connectivity index (χ2v) is 23.0. The third-order valence-electron chi connectivity index (χ3n) is 10.9. The lowest BCUT2D eigenvalue weighted by Crippen LogP contribution is -2.46.